The maximum absolute atomic E-state index is 8.72. The summed E-state index contributed by atoms with van der Waals surface area (Å²) in [6.45, 7) is 3.16. The normalized spacial score (nSPS) is 16.2. The number of aliphatic hydroxyl groups is 1. The molecule has 0 aliphatic carbocycles. The van der Waals surface area contributed by atoms with Crippen LogP contribution in [0.15, 0.2) is 24.3 Å². The summed E-state index contributed by atoms with van der Waals surface area (Å²) in [5, 5.41) is 11.9. The number of piperidine rings is 1. The van der Waals surface area contributed by atoms with Gasteiger partial charge in [0.25, 0.3) is 0 Å². The molecular formula is C13H20N2O. The summed E-state index contributed by atoms with van der Waals surface area (Å²) >= 11 is 0. The van der Waals surface area contributed by atoms with Gasteiger partial charge in [-0.25, -0.2) is 0 Å². The monoisotopic (exact) mass is 220 g/mol. The maximum atomic E-state index is 8.72. The average Bonchev–Trinajstić information content (AvgIpc) is 2.38. The van der Waals surface area contributed by atoms with Gasteiger partial charge in [0, 0.05) is 31.0 Å². The lowest BCUT2D eigenvalue weighted by atomic mass is 10.1. The molecule has 16 heavy (non-hydrogen) atoms. The molecule has 1 aliphatic rings. The molecule has 0 aromatic heterocycles. The Balaban J connectivity index is 1.95. The minimum Gasteiger partial charge on any atom is -0.395 e. The number of anilines is 2. The molecule has 2 rings (SSSR count). The SMILES string of the molecule is OCCNc1ccc(N2CCCCC2)cc1. The fourth-order valence-corrected chi connectivity index (χ4v) is 2.14. The van der Waals surface area contributed by atoms with E-state index < -0.39 is 0 Å². The molecule has 1 aromatic rings. The van der Waals surface area contributed by atoms with Crippen molar-refractivity contribution in [2.24, 2.45) is 0 Å². The third-order valence-electron chi connectivity index (χ3n) is 3.03. The zero-order chi connectivity index (χ0) is 11.2. The summed E-state index contributed by atoms with van der Waals surface area (Å²) in [4.78, 5) is 2.44. The molecule has 1 saturated heterocycles. The molecule has 3 heteroatoms. The van der Waals surface area contributed by atoms with Crippen LogP contribution in [-0.2, 0) is 0 Å². The Kier molecular flexibility index (Phi) is 4.05. The zero-order valence-corrected chi connectivity index (χ0v) is 9.65. The molecular weight excluding hydrogens is 200 g/mol. The van der Waals surface area contributed by atoms with Crippen molar-refractivity contribution < 1.29 is 5.11 Å². The van der Waals surface area contributed by atoms with Crippen LogP contribution in [0.3, 0.4) is 0 Å². The van der Waals surface area contributed by atoms with E-state index in [1.54, 1.807) is 0 Å². The number of aliphatic hydroxyl groups excluding tert-OH is 1. The lowest BCUT2D eigenvalue weighted by Crippen LogP contribution is -2.29. The number of hydrogen-bond donors (Lipinski definition) is 2. The van der Waals surface area contributed by atoms with Crippen molar-refractivity contribution in [1.29, 1.82) is 0 Å². The smallest absolute Gasteiger partial charge is 0.0604 e. The lowest BCUT2D eigenvalue weighted by molar-refractivity contribution is 0.311. The van der Waals surface area contributed by atoms with Gasteiger partial charge < -0.3 is 15.3 Å². The van der Waals surface area contributed by atoms with E-state index >= 15 is 0 Å². The van der Waals surface area contributed by atoms with Crippen LogP contribution in [0.4, 0.5) is 11.4 Å². The first-order valence-corrected chi connectivity index (χ1v) is 6.10. The summed E-state index contributed by atoms with van der Waals surface area (Å²) < 4.78 is 0. The molecule has 1 heterocycles. The van der Waals surface area contributed by atoms with Gasteiger partial charge in [-0.15, -0.1) is 0 Å². The van der Waals surface area contributed by atoms with Crippen LogP contribution in [0.25, 0.3) is 0 Å². The van der Waals surface area contributed by atoms with Crippen LogP contribution in [0.2, 0.25) is 0 Å². The molecule has 0 radical (unpaired) electrons. The van der Waals surface area contributed by atoms with E-state index in [4.69, 9.17) is 5.11 Å². The number of hydrogen-bond acceptors (Lipinski definition) is 3. The molecule has 0 amide bonds. The zero-order valence-electron chi connectivity index (χ0n) is 9.65. The molecule has 1 aromatic carbocycles. The summed E-state index contributed by atoms with van der Waals surface area (Å²) in [6, 6.07) is 8.48. The third-order valence-corrected chi connectivity index (χ3v) is 3.03. The van der Waals surface area contributed by atoms with E-state index in [-0.39, 0.29) is 6.61 Å². The topological polar surface area (TPSA) is 35.5 Å². The van der Waals surface area contributed by atoms with Crippen molar-refractivity contribution in [3.63, 3.8) is 0 Å². The summed E-state index contributed by atoms with van der Waals surface area (Å²) in [5.41, 5.74) is 2.39. The highest BCUT2D eigenvalue weighted by molar-refractivity contribution is 5.55. The minimum atomic E-state index is 0.174. The van der Waals surface area contributed by atoms with Crippen molar-refractivity contribution in [2.75, 3.05) is 36.5 Å². The van der Waals surface area contributed by atoms with Gasteiger partial charge in [0.2, 0.25) is 0 Å². The van der Waals surface area contributed by atoms with Crippen molar-refractivity contribution in [3.05, 3.63) is 24.3 Å². The second-order valence-electron chi connectivity index (χ2n) is 4.24. The number of nitrogens with zero attached hydrogens (tertiary/aromatic N) is 1. The molecule has 0 atom stereocenters. The van der Waals surface area contributed by atoms with Crippen molar-refractivity contribution in [2.45, 2.75) is 19.3 Å². The Labute approximate surface area is 97.1 Å². The largest absolute Gasteiger partial charge is 0.395 e. The van der Waals surface area contributed by atoms with Gasteiger partial charge in [-0.2, -0.15) is 0 Å². The first-order valence-electron chi connectivity index (χ1n) is 6.10. The standard InChI is InChI=1S/C13H20N2O/c16-11-8-14-12-4-6-13(7-5-12)15-9-2-1-3-10-15/h4-7,14,16H,1-3,8-11H2. The van der Waals surface area contributed by atoms with E-state index in [0.29, 0.717) is 6.54 Å². The van der Waals surface area contributed by atoms with Crippen LogP contribution in [0.5, 0.6) is 0 Å². The molecule has 1 fully saturated rings. The van der Waals surface area contributed by atoms with Gasteiger partial charge in [-0.05, 0) is 43.5 Å². The van der Waals surface area contributed by atoms with Gasteiger partial charge in [0.1, 0.15) is 0 Å². The summed E-state index contributed by atoms with van der Waals surface area (Å²) in [6.07, 6.45) is 3.99. The van der Waals surface area contributed by atoms with Gasteiger partial charge >= 0.3 is 0 Å². The van der Waals surface area contributed by atoms with Crippen LogP contribution in [0, 0.1) is 0 Å². The van der Waals surface area contributed by atoms with E-state index in [1.165, 1.54) is 38.0 Å². The predicted octanol–water partition coefficient (Wildman–Crippen LogP) is 2.08. The van der Waals surface area contributed by atoms with Gasteiger partial charge in [0.05, 0.1) is 6.61 Å². The van der Waals surface area contributed by atoms with Gasteiger partial charge in [0.15, 0.2) is 0 Å². The molecule has 3 nitrogen and oxygen atoms in total. The fraction of sp³-hybridized carbons (Fsp3) is 0.538. The molecule has 2 N–H and O–H groups in total. The number of rotatable bonds is 4. The highest BCUT2D eigenvalue weighted by atomic mass is 16.3. The Morgan fingerprint density at radius 3 is 2.38 bits per heavy atom. The second-order valence-corrected chi connectivity index (χ2v) is 4.24. The third kappa shape index (κ3) is 2.89. The molecule has 1 aliphatic heterocycles. The predicted molar refractivity (Wildman–Crippen MR) is 68.1 cm³/mol. The van der Waals surface area contributed by atoms with E-state index in [9.17, 15) is 0 Å². The Morgan fingerprint density at radius 1 is 1.06 bits per heavy atom. The molecule has 0 saturated carbocycles. The van der Waals surface area contributed by atoms with E-state index in [0.717, 1.165) is 5.69 Å². The van der Waals surface area contributed by atoms with Crippen molar-refractivity contribution in [1.82, 2.24) is 0 Å². The average molecular weight is 220 g/mol. The molecule has 0 unspecified atom stereocenters. The van der Waals surface area contributed by atoms with Crippen molar-refractivity contribution in [3.8, 4) is 0 Å². The van der Waals surface area contributed by atoms with E-state index in [1.807, 2.05) is 0 Å². The fourth-order valence-electron chi connectivity index (χ4n) is 2.14. The first-order chi connectivity index (χ1) is 7.90. The van der Waals surface area contributed by atoms with E-state index in [2.05, 4.69) is 34.5 Å². The molecule has 0 bridgehead atoms. The quantitative estimate of drug-likeness (QED) is 0.815. The summed E-state index contributed by atoms with van der Waals surface area (Å²) in [7, 11) is 0. The van der Waals surface area contributed by atoms with Crippen LogP contribution < -0.4 is 10.2 Å². The summed E-state index contributed by atoms with van der Waals surface area (Å²) in [5.74, 6) is 0. The Hall–Kier alpha value is -1.22. The Bertz CT molecular complexity index is 304. The minimum absolute atomic E-state index is 0.174. The maximum Gasteiger partial charge on any atom is 0.0604 e. The first kappa shape index (κ1) is 11.3. The van der Waals surface area contributed by atoms with Crippen LogP contribution in [0.1, 0.15) is 19.3 Å². The lowest BCUT2D eigenvalue weighted by Gasteiger charge is -2.28. The Morgan fingerprint density at radius 2 is 1.75 bits per heavy atom. The molecule has 88 valence electrons. The van der Waals surface area contributed by atoms with Gasteiger partial charge in [-0.3, -0.25) is 0 Å². The van der Waals surface area contributed by atoms with Crippen LogP contribution >= 0.6 is 0 Å². The highest BCUT2D eigenvalue weighted by Gasteiger charge is 2.10. The highest BCUT2D eigenvalue weighted by Crippen LogP contribution is 2.21. The van der Waals surface area contributed by atoms with Gasteiger partial charge in [-0.1, -0.05) is 0 Å². The number of benzene rings is 1. The van der Waals surface area contributed by atoms with Crippen molar-refractivity contribution >= 4 is 11.4 Å². The second kappa shape index (κ2) is 5.75. The molecule has 0 spiro atoms. The number of nitrogens with one attached hydrogen (secondary N) is 1. The van der Waals surface area contributed by atoms with Crippen LogP contribution in [-0.4, -0.2) is 31.3 Å².